The van der Waals surface area contributed by atoms with Crippen LogP contribution in [0.1, 0.15) is 68.4 Å². The minimum Gasteiger partial charge on any atom is -0.508 e. The number of aromatic hydroxyl groups is 1. The normalized spacial score (nSPS) is 25.7. The molecule has 0 unspecified atom stereocenters. The standard InChI is InChI=1S/C36H45N5O5S/c1-24(2)46-32-16-28(15-30(18-32)29-4-3-5-31(42)17-29)22-40-8-10-41(11-9-40)34-7-6-33(37-38-34)35(43)39-47(44,45)23-36-19-25-12-26(20-36)14-27(13-25)21-36/h3-7,15-18,24-27,42H,8-14,19-23H2,1-2H3,(H,39,43). The number of nitrogens with one attached hydrogen (secondary N) is 1. The van der Waals surface area contributed by atoms with Gasteiger partial charge < -0.3 is 14.7 Å². The van der Waals surface area contributed by atoms with E-state index in [2.05, 4.69) is 36.9 Å². The summed E-state index contributed by atoms with van der Waals surface area (Å²) in [5.41, 5.74) is 2.88. The van der Waals surface area contributed by atoms with E-state index in [0.717, 1.165) is 74.4 Å². The number of anilines is 1. The highest BCUT2D eigenvalue weighted by Crippen LogP contribution is 2.60. The highest BCUT2D eigenvalue weighted by molar-refractivity contribution is 7.90. The monoisotopic (exact) mass is 659 g/mol. The third kappa shape index (κ3) is 7.41. The van der Waals surface area contributed by atoms with Gasteiger partial charge in [0, 0.05) is 32.7 Å². The summed E-state index contributed by atoms with van der Waals surface area (Å²) in [6, 6.07) is 16.8. The second kappa shape index (κ2) is 12.7. The molecule has 0 atom stereocenters. The molecule has 1 amide bonds. The molecular weight excluding hydrogens is 614 g/mol. The molecule has 4 bridgehead atoms. The number of phenolic OH excluding ortho intramolecular Hbond substituents is 1. The first-order valence-corrected chi connectivity index (χ1v) is 18.6. The van der Waals surface area contributed by atoms with Gasteiger partial charge in [-0.3, -0.25) is 9.69 Å². The highest BCUT2D eigenvalue weighted by atomic mass is 32.2. The Balaban J connectivity index is 0.944. The number of amides is 1. The van der Waals surface area contributed by atoms with Crippen LogP contribution in [0.3, 0.4) is 0 Å². The van der Waals surface area contributed by atoms with Crippen molar-refractivity contribution in [2.24, 2.45) is 23.2 Å². The van der Waals surface area contributed by atoms with Crippen molar-refractivity contribution < 1.29 is 23.1 Å². The molecule has 10 nitrogen and oxygen atoms in total. The lowest BCUT2D eigenvalue weighted by Gasteiger charge is -2.56. The van der Waals surface area contributed by atoms with Crippen molar-refractivity contribution in [1.82, 2.24) is 19.8 Å². The minimum atomic E-state index is -3.79. The third-order valence-corrected chi connectivity index (χ3v) is 11.9. The predicted molar refractivity (Wildman–Crippen MR) is 181 cm³/mol. The van der Waals surface area contributed by atoms with Crippen LogP contribution in [-0.4, -0.2) is 72.6 Å². The van der Waals surface area contributed by atoms with Crippen LogP contribution in [0.5, 0.6) is 11.5 Å². The number of carbonyl (C=O) groups is 1. The molecule has 2 N–H and O–H groups in total. The molecule has 1 saturated heterocycles. The van der Waals surface area contributed by atoms with E-state index in [1.807, 2.05) is 32.0 Å². The Hall–Kier alpha value is -3.70. The summed E-state index contributed by atoms with van der Waals surface area (Å²) in [6.07, 6.45) is 6.67. The zero-order valence-electron chi connectivity index (χ0n) is 27.3. The molecule has 250 valence electrons. The Morgan fingerprint density at radius 2 is 1.64 bits per heavy atom. The maximum Gasteiger partial charge on any atom is 0.285 e. The van der Waals surface area contributed by atoms with E-state index in [1.54, 1.807) is 24.3 Å². The van der Waals surface area contributed by atoms with E-state index in [1.165, 1.54) is 19.3 Å². The number of hydrogen-bond acceptors (Lipinski definition) is 9. The molecule has 1 aromatic heterocycles. The summed E-state index contributed by atoms with van der Waals surface area (Å²) in [4.78, 5) is 17.4. The smallest absolute Gasteiger partial charge is 0.285 e. The van der Waals surface area contributed by atoms with Gasteiger partial charge in [0.05, 0.1) is 11.9 Å². The van der Waals surface area contributed by atoms with Gasteiger partial charge in [-0.1, -0.05) is 12.1 Å². The van der Waals surface area contributed by atoms with Crippen LogP contribution in [0, 0.1) is 23.2 Å². The van der Waals surface area contributed by atoms with Gasteiger partial charge in [0.1, 0.15) is 11.5 Å². The number of ether oxygens (including phenoxy) is 1. The van der Waals surface area contributed by atoms with Crippen LogP contribution >= 0.6 is 0 Å². The van der Waals surface area contributed by atoms with Crippen molar-refractivity contribution in [3.8, 4) is 22.6 Å². The first-order chi connectivity index (χ1) is 22.5. The number of aromatic nitrogens is 2. The van der Waals surface area contributed by atoms with Gasteiger partial charge in [-0.05, 0) is 135 Å². The fourth-order valence-corrected chi connectivity index (χ4v) is 10.7. The van der Waals surface area contributed by atoms with Crippen molar-refractivity contribution in [3.05, 3.63) is 65.9 Å². The van der Waals surface area contributed by atoms with Crippen LogP contribution in [0.15, 0.2) is 54.6 Å². The topological polar surface area (TPSA) is 125 Å². The Morgan fingerprint density at radius 1 is 0.936 bits per heavy atom. The van der Waals surface area contributed by atoms with Gasteiger partial charge >= 0.3 is 0 Å². The van der Waals surface area contributed by atoms with E-state index in [-0.39, 0.29) is 28.7 Å². The molecule has 4 aliphatic carbocycles. The summed E-state index contributed by atoms with van der Waals surface area (Å²) in [5.74, 6) is 2.93. The van der Waals surface area contributed by atoms with Gasteiger partial charge in [-0.15, -0.1) is 10.2 Å². The highest BCUT2D eigenvalue weighted by Gasteiger charge is 2.52. The molecule has 11 heteroatoms. The Morgan fingerprint density at radius 3 is 2.26 bits per heavy atom. The van der Waals surface area contributed by atoms with Crippen molar-refractivity contribution in [2.45, 2.75) is 65.0 Å². The van der Waals surface area contributed by atoms with Gasteiger partial charge in [0.25, 0.3) is 5.91 Å². The van der Waals surface area contributed by atoms with Crippen molar-refractivity contribution in [3.63, 3.8) is 0 Å². The number of piperazine rings is 1. The van der Waals surface area contributed by atoms with Crippen LogP contribution in [-0.2, 0) is 16.6 Å². The second-order valence-corrected chi connectivity index (χ2v) is 16.5. The number of sulfonamides is 1. The summed E-state index contributed by atoms with van der Waals surface area (Å²) < 4.78 is 34.6. The SMILES string of the molecule is CC(C)Oc1cc(CN2CCN(c3ccc(C(=O)NS(=O)(=O)CC45CC6CC(CC(C6)C4)C5)nn3)CC2)cc(-c2cccc(O)c2)c1. The summed E-state index contributed by atoms with van der Waals surface area (Å²) in [6.45, 7) is 7.85. The first kappa shape index (κ1) is 31.9. The van der Waals surface area contributed by atoms with E-state index < -0.39 is 15.9 Å². The molecule has 2 heterocycles. The average Bonchev–Trinajstić information content (AvgIpc) is 2.99. The minimum absolute atomic E-state index is 0.00695. The molecule has 1 aliphatic heterocycles. The zero-order valence-corrected chi connectivity index (χ0v) is 28.1. The van der Waals surface area contributed by atoms with Crippen LogP contribution in [0.4, 0.5) is 5.82 Å². The molecule has 2 aromatic carbocycles. The predicted octanol–water partition coefficient (Wildman–Crippen LogP) is 5.23. The number of phenols is 1. The molecule has 0 radical (unpaired) electrons. The average molecular weight is 660 g/mol. The largest absolute Gasteiger partial charge is 0.508 e. The van der Waals surface area contributed by atoms with E-state index in [0.29, 0.717) is 23.6 Å². The molecule has 5 fully saturated rings. The van der Waals surface area contributed by atoms with Crippen molar-refractivity contribution >= 4 is 21.7 Å². The summed E-state index contributed by atoms with van der Waals surface area (Å²) >= 11 is 0. The van der Waals surface area contributed by atoms with Gasteiger partial charge in [-0.25, -0.2) is 13.1 Å². The molecule has 47 heavy (non-hydrogen) atoms. The molecule has 5 aliphatic rings. The first-order valence-electron chi connectivity index (χ1n) is 17.0. The van der Waals surface area contributed by atoms with Gasteiger partial charge in [0.2, 0.25) is 10.0 Å². The molecule has 0 spiro atoms. The Kier molecular flexibility index (Phi) is 8.63. The van der Waals surface area contributed by atoms with E-state index >= 15 is 0 Å². The summed E-state index contributed by atoms with van der Waals surface area (Å²) in [7, 11) is -3.79. The summed E-state index contributed by atoms with van der Waals surface area (Å²) in [5, 5.41) is 18.4. The lowest BCUT2D eigenvalue weighted by molar-refractivity contribution is -0.0391. The lowest BCUT2D eigenvalue weighted by Crippen LogP contribution is -2.51. The molecule has 4 saturated carbocycles. The number of benzene rings is 2. The van der Waals surface area contributed by atoms with Crippen molar-refractivity contribution in [2.75, 3.05) is 36.8 Å². The van der Waals surface area contributed by atoms with E-state index in [4.69, 9.17) is 4.74 Å². The maximum atomic E-state index is 13.1. The van der Waals surface area contributed by atoms with E-state index in [9.17, 15) is 18.3 Å². The molecule has 8 rings (SSSR count). The maximum absolute atomic E-state index is 13.1. The quantitative estimate of drug-likeness (QED) is 0.301. The van der Waals surface area contributed by atoms with Crippen LogP contribution in [0.25, 0.3) is 11.1 Å². The fraction of sp³-hybridized carbons (Fsp3) is 0.528. The zero-order chi connectivity index (χ0) is 32.8. The molecular formula is C36H45N5O5S. The van der Waals surface area contributed by atoms with Crippen LogP contribution < -0.4 is 14.4 Å². The van der Waals surface area contributed by atoms with Gasteiger partial charge in [0.15, 0.2) is 11.5 Å². The fourth-order valence-electron chi connectivity index (χ4n) is 9.05. The second-order valence-electron chi connectivity index (χ2n) is 14.7. The lowest BCUT2D eigenvalue weighted by atomic mass is 9.50. The van der Waals surface area contributed by atoms with Gasteiger partial charge in [-0.2, -0.15) is 0 Å². The number of hydrogen-bond donors (Lipinski definition) is 2. The Labute approximate surface area is 277 Å². The number of rotatable bonds is 10. The van der Waals surface area contributed by atoms with Crippen LogP contribution in [0.2, 0.25) is 0 Å². The number of carbonyl (C=O) groups excluding carboxylic acids is 1. The number of nitrogens with zero attached hydrogens (tertiary/aromatic N) is 4. The third-order valence-electron chi connectivity index (χ3n) is 10.4. The molecule has 3 aromatic rings. The Bertz CT molecular complexity index is 1680. The van der Waals surface area contributed by atoms with Crippen molar-refractivity contribution in [1.29, 1.82) is 0 Å².